The van der Waals surface area contributed by atoms with Crippen LogP contribution in [-0.4, -0.2) is 11.1 Å². The predicted octanol–water partition coefficient (Wildman–Crippen LogP) is 5.51. The van der Waals surface area contributed by atoms with Crippen LogP contribution in [0, 0.1) is 5.82 Å². The van der Waals surface area contributed by atoms with Crippen molar-refractivity contribution >= 4 is 28.5 Å². The van der Waals surface area contributed by atoms with Crippen LogP contribution < -0.4 is 4.74 Å². The first-order chi connectivity index (χ1) is 12.6. The van der Waals surface area contributed by atoms with Crippen LogP contribution in [0.1, 0.15) is 10.4 Å². The van der Waals surface area contributed by atoms with E-state index in [0.717, 1.165) is 10.9 Å². The Kier molecular flexibility index (Phi) is 4.14. The van der Waals surface area contributed by atoms with Crippen LogP contribution >= 0.6 is 11.6 Å². The van der Waals surface area contributed by atoms with E-state index < -0.39 is 5.97 Å². The summed E-state index contributed by atoms with van der Waals surface area (Å²) < 4.78 is 23.8. The van der Waals surface area contributed by atoms with Crippen LogP contribution in [0.2, 0.25) is 5.02 Å². The Morgan fingerprint density at radius 2 is 1.85 bits per heavy atom. The van der Waals surface area contributed by atoms with Gasteiger partial charge in [-0.2, -0.15) is 0 Å². The number of rotatable bonds is 3. The number of nitrogens with zero attached hydrogens (tertiary/aromatic N) is 1. The fourth-order valence-electron chi connectivity index (χ4n) is 2.58. The standard InChI is InChI=1S/C20H11ClFNO3/c21-14-3-1-2-13(10-14)20(24)25-16-8-9-17-18(11-16)26-23-19(17)12-4-6-15(22)7-5-12/h1-11H. The zero-order chi connectivity index (χ0) is 18.1. The summed E-state index contributed by atoms with van der Waals surface area (Å²) in [5.74, 6) is -0.522. The van der Waals surface area contributed by atoms with Crippen molar-refractivity contribution in [1.82, 2.24) is 5.16 Å². The van der Waals surface area contributed by atoms with Gasteiger partial charge in [0, 0.05) is 22.0 Å². The van der Waals surface area contributed by atoms with Crippen molar-refractivity contribution in [2.45, 2.75) is 0 Å². The largest absolute Gasteiger partial charge is 0.423 e. The molecule has 0 unspecified atom stereocenters. The number of fused-ring (bicyclic) bond motifs is 1. The molecular formula is C20H11ClFNO3. The molecule has 0 aliphatic carbocycles. The van der Waals surface area contributed by atoms with E-state index in [4.69, 9.17) is 20.9 Å². The Hall–Kier alpha value is -3.18. The fourth-order valence-corrected chi connectivity index (χ4v) is 2.77. The maximum absolute atomic E-state index is 13.1. The molecule has 4 aromatic rings. The molecule has 0 amide bonds. The molecule has 128 valence electrons. The second kappa shape index (κ2) is 6.61. The molecule has 0 aliphatic rings. The Morgan fingerprint density at radius 1 is 1.04 bits per heavy atom. The smallest absolute Gasteiger partial charge is 0.343 e. The van der Waals surface area contributed by atoms with Gasteiger partial charge >= 0.3 is 5.97 Å². The average molecular weight is 368 g/mol. The first-order valence-corrected chi connectivity index (χ1v) is 8.11. The van der Waals surface area contributed by atoms with Gasteiger partial charge in [0.15, 0.2) is 5.58 Å². The highest BCUT2D eigenvalue weighted by Crippen LogP contribution is 2.30. The number of carbonyl (C=O) groups is 1. The molecule has 0 bridgehead atoms. The van der Waals surface area contributed by atoms with Crippen molar-refractivity contribution < 1.29 is 18.4 Å². The second-order valence-corrected chi connectivity index (χ2v) is 6.03. The molecule has 3 aromatic carbocycles. The van der Waals surface area contributed by atoms with Crippen molar-refractivity contribution in [2.75, 3.05) is 0 Å². The topological polar surface area (TPSA) is 52.3 Å². The highest BCUT2D eigenvalue weighted by Gasteiger charge is 2.14. The molecule has 4 rings (SSSR count). The van der Waals surface area contributed by atoms with Crippen molar-refractivity contribution in [1.29, 1.82) is 0 Å². The summed E-state index contributed by atoms with van der Waals surface area (Å²) in [5, 5.41) is 5.22. The summed E-state index contributed by atoms with van der Waals surface area (Å²) in [5.41, 5.74) is 2.13. The number of ether oxygens (including phenoxy) is 1. The number of esters is 1. The predicted molar refractivity (Wildman–Crippen MR) is 95.8 cm³/mol. The maximum Gasteiger partial charge on any atom is 0.343 e. The van der Waals surface area contributed by atoms with Crippen LogP contribution in [0.3, 0.4) is 0 Å². The minimum atomic E-state index is -0.523. The zero-order valence-electron chi connectivity index (χ0n) is 13.3. The van der Waals surface area contributed by atoms with Gasteiger partial charge in [-0.1, -0.05) is 22.8 Å². The van der Waals surface area contributed by atoms with E-state index in [9.17, 15) is 9.18 Å². The Morgan fingerprint density at radius 3 is 2.62 bits per heavy atom. The Balaban J connectivity index is 1.62. The maximum atomic E-state index is 13.1. The zero-order valence-corrected chi connectivity index (χ0v) is 14.0. The highest BCUT2D eigenvalue weighted by molar-refractivity contribution is 6.30. The number of hydrogen-bond acceptors (Lipinski definition) is 4. The van der Waals surface area contributed by atoms with E-state index in [1.165, 1.54) is 18.2 Å². The van der Waals surface area contributed by atoms with Crippen LogP contribution in [0.4, 0.5) is 4.39 Å². The molecule has 1 heterocycles. The molecule has 4 nitrogen and oxygen atoms in total. The van der Waals surface area contributed by atoms with Crippen LogP contribution in [0.25, 0.3) is 22.2 Å². The average Bonchev–Trinajstić information content (AvgIpc) is 3.05. The number of benzene rings is 3. The minimum Gasteiger partial charge on any atom is -0.423 e. The van der Waals surface area contributed by atoms with E-state index >= 15 is 0 Å². The lowest BCUT2D eigenvalue weighted by Crippen LogP contribution is -2.08. The van der Waals surface area contributed by atoms with E-state index in [-0.39, 0.29) is 5.82 Å². The van der Waals surface area contributed by atoms with Crippen LogP contribution in [-0.2, 0) is 0 Å². The van der Waals surface area contributed by atoms with Gasteiger partial charge in [-0.25, -0.2) is 9.18 Å². The third-order valence-corrected chi connectivity index (χ3v) is 4.07. The molecule has 0 spiro atoms. The van der Waals surface area contributed by atoms with Crippen molar-refractivity contribution in [3.05, 3.63) is 83.1 Å². The van der Waals surface area contributed by atoms with Crippen LogP contribution in [0.5, 0.6) is 5.75 Å². The van der Waals surface area contributed by atoms with Gasteiger partial charge in [-0.15, -0.1) is 0 Å². The summed E-state index contributed by atoms with van der Waals surface area (Å²) in [7, 11) is 0. The lowest BCUT2D eigenvalue weighted by Gasteiger charge is -2.04. The molecule has 0 atom stereocenters. The summed E-state index contributed by atoms with van der Waals surface area (Å²) in [6.45, 7) is 0. The van der Waals surface area contributed by atoms with Crippen LogP contribution in [0.15, 0.2) is 71.3 Å². The van der Waals surface area contributed by atoms with Crippen molar-refractivity contribution in [3.8, 4) is 17.0 Å². The second-order valence-electron chi connectivity index (χ2n) is 5.60. The van der Waals surface area contributed by atoms with Gasteiger partial charge in [0.25, 0.3) is 0 Å². The lowest BCUT2D eigenvalue weighted by molar-refractivity contribution is 0.0735. The first-order valence-electron chi connectivity index (χ1n) is 7.73. The summed E-state index contributed by atoms with van der Waals surface area (Å²) >= 11 is 5.89. The van der Waals surface area contributed by atoms with Gasteiger partial charge in [0.1, 0.15) is 17.3 Å². The van der Waals surface area contributed by atoms with E-state index in [0.29, 0.717) is 27.6 Å². The summed E-state index contributed by atoms with van der Waals surface area (Å²) in [6.07, 6.45) is 0. The van der Waals surface area contributed by atoms with Crippen molar-refractivity contribution in [3.63, 3.8) is 0 Å². The highest BCUT2D eigenvalue weighted by atomic mass is 35.5. The quantitative estimate of drug-likeness (QED) is 0.354. The van der Waals surface area contributed by atoms with Gasteiger partial charge in [-0.05, 0) is 54.6 Å². The summed E-state index contributed by atoms with van der Waals surface area (Å²) in [4.78, 5) is 12.2. The molecular weight excluding hydrogens is 357 g/mol. The minimum absolute atomic E-state index is 0.322. The molecule has 0 N–H and O–H groups in total. The first kappa shape index (κ1) is 16.3. The number of carbonyl (C=O) groups excluding carboxylic acids is 1. The third kappa shape index (κ3) is 3.17. The lowest BCUT2D eigenvalue weighted by atomic mass is 10.1. The fraction of sp³-hybridized carbons (Fsp3) is 0. The Bertz CT molecular complexity index is 1110. The number of hydrogen-bond donors (Lipinski definition) is 0. The molecule has 1 aromatic heterocycles. The molecule has 26 heavy (non-hydrogen) atoms. The summed E-state index contributed by atoms with van der Waals surface area (Å²) in [6, 6.07) is 17.4. The molecule has 0 aliphatic heterocycles. The number of aromatic nitrogens is 1. The molecule has 0 saturated carbocycles. The van der Waals surface area contributed by atoms with E-state index in [1.807, 2.05) is 0 Å². The third-order valence-electron chi connectivity index (χ3n) is 3.83. The Labute approximate surface area is 152 Å². The van der Waals surface area contributed by atoms with Gasteiger partial charge in [0.05, 0.1) is 5.56 Å². The number of halogens is 2. The van der Waals surface area contributed by atoms with Gasteiger partial charge < -0.3 is 9.26 Å². The van der Waals surface area contributed by atoms with Gasteiger partial charge in [0.2, 0.25) is 0 Å². The SMILES string of the molecule is O=C(Oc1ccc2c(-c3ccc(F)cc3)noc2c1)c1cccc(Cl)c1. The molecule has 6 heteroatoms. The molecule has 0 fully saturated rings. The van der Waals surface area contributed by atoms with Gasteiger partial charge in [-0.3, -0.25) is 0 Å². The van der Waals surface area contributed by atoms with E-state index in [2.05, 4.69) is 5.16 Å². The van der Waals surface area contributed by atoms with Crippen molar-refractivity contribution in [2.24, 2.45) is 0 Å². The molecule has 0 saturated heterocycles. The molecule has 0 radical (unpaired) electrons. The monoisotopic (exact) mass is 367 g/mol. The van der Waals surface area contributed by atoms with E-state index in [1.54, 1.807) is 48.5 Å². The normalized spacial score (nSPS) is 10.8.